The van der Waals surface area contributed by atoms with Crippen LogP contribution in [0.4, 0.5) is 5.69 Å². The molecule has 0 aliphatic carbocycles. The van der Waals surface area contributed by atoms with Crippen molar-refractivity contribution in [2.75, 3.05) is 18.8 Å². The lowest BCUT2D eigenvalue weighted by Gasteiger charge is -2.29. The Morgan fingerprint density at radius 2 is 1.88 bits per heavy atom. The van der Waals surface area contributed by atoms with Crippen LogP contribution in [-0.2, 0) is 11.3 Å². The second-order valence-electron chi connectivity index (χ2n) is 4.49. The van der Waals surface area contributed by atoms with Gasteiger partial charge in [-0.3, -0.25) is 4.90 Å². The number of aldehydes is 1. The van der Waals surface area contributed by atoms with E-state index in [1.807, 2.05) is 12.1 Å². The number of nitrogen functional groups attached to an aromatic ring is 1. The van der Waals surface area contributed by atoms with Gasteiger partial charge in [-0.2, -0.15) is 0 Å². The average molecular weight is 218 g/mol. The first-order valence-electron chi connectivity index (χ1n) is 5.80. The lowest BCUT2D eigenvalue weighted by Crippen LogP contribution is -2.33. The zero-order chi connectivity index (χ0) is 11.4. The molecule has 1 aromatic rings. The maximum Gasteiger partial charge on any atom is 0.123 e. The first-order valence-corrected chi connectivity index (χ1v) is 5.80. The number of carbonyl (C=O) groups is 1. The van der Waals surface area contributed by atoms with E-state index in [2.05, 4.69) is 17.0 Å². The highest BCUT2D eigenvalue weighted by Gasteiger charge is 2.18. The fourth-order valence-electron chi connectivity index (χ4n) is 2.13. The number of piperidine rings is 1. The summed E-state index contributed by atoms with van der Waals surface area (Å²) in [6, 6.07) is 8.02. The van der Waals surface area contributed by atoms with Gasteiger partial charge in [-0.15, -0.1) is 0 Å². The molecule has 86 valence electrons. The van der Waals surface area contributed by atoms with E-state index >= 15 is 0 Å². The minimum absolute atomic E-state index is 0.280. The van der Waals surface area contributed by atoms with E-state index in [1.165, 1.54) is 5.56 Å². The molecule has 1 fully saturated rings. The summed E-state index contributed by atoms with van der Waals surface area (Å²) in [7, 11) is 0. The van der Waals surface area contributed by atoms with Crippen LogP contribution in [0.5, 0.6) is 0 Å². The molecule has 0 amide bonds. The van der Waals surface area contributed by atoms with E-state index in [4.69, 9.17) is 5.73 Å². The Labute approximate surface area is 96.2 Å². The lowest BCUT2D eigenvalue weighted by molar-refractivity contribution is -0.112. The fourth-order valence-corrected chi connectivity index (χ4v) is 2.13. The molecule has 3 heteroatoms. The minimum atomic E-state index is 0.280. The zero-order valence-electron chi connectivity index (χ0n) is 9.43. The molecule has 16 heavy (non-hydrogen) atoms. The second kappa shape index (κ2) is 5.12. The number of likely N-dealkylation sites (tertiary alicyclic amines) is 1. The molecule has 0 aromatic heterocycles. The van der Waals surface area contributed by atoms with Gasteiger partial charge in [0, 0.05) is 18.2 Å². The van der Waals surface area contributed by atoms with Gasteiger partial charge in [0.05, 0.1) is 0 Å². The summed E-state index contributed by atoms with van der Waals surface area (Å²) in [5, 5.41) is 0. The molecule has 0 radical (unpaired) electrons. The third-order valence-electron chi connectivity index (χ3n) is 3.21. The standard InChI is InChI=1S/C13H18N2O/c14-13-3-1-11(2-4-13)9-15-7-5-12(10-16)6-8-15/h1-4,10,12H,5-9,14H2. The fraction of sp³-hybridized carbons (Fsp3) is 0.462. The van der Waals surface area contributed by atoms with Crippen LogP contribution in [0.1, 0.15) is 18.4 Å². The van der Waals surface area contributed by atoms with Crippen LogP contribution in [0.25, 0.3) is 0 Å². The Morgan fingerprint density at radius 3 is 2.44 bits per heavy atom. The Hall–Kier alpha value is -1.35. The summed E-state index contributed by atoms with van der Waals surface area (Å²) in [5.41, 5.74) is 7.74. The van der Waals surface area contributed by atoms with E-state index in [0.717, 1.165) is 44.4 Å². The molecule has 1 heterocycles. The zero-order valence-corrected chi connectivity index (χ0v) is 9.43. The third kappa shape index (κ3) is 2.83. The predicted molar refractivity (Wildman–Crippen MR) is 64.9 cm³/mol. The molecule has 1 saturated heterocycles. The number of carbonyl (C=O) groups excluding carboxylic acids is 1. The van der Waals surface area contributed by atoms with Crippen LogP contribution in [0, 0.1) is 5.92 Å². The van der Waals surface area contributed by atoms with Crippen LogP contribution in [0.15, 0.2) is 24.3 Å². The van der Waals surface area contributed by atoms with Crippen molar-refractivity contribution in [1.29, 1.82) is 0 Å². The molecule has 2 rings (SSSR count). The summed E-state index contributed by atoms with van der Waals surface area (Å²) in [6.45, 7) is 3.01. The van der Waals surface area contributed by atoms with Crippen molar-refractivity contribution in [2.24, 2.45) is 5.92 Å². The molecule has 0 saturated carbocycles. The molecule has 0 atom stereocenters. The van der Waals surface area contributed by atoms with Crippen LogP contribution in [0.3, 0.4) is 0 Å². The van der Waals surface area contributed by atoms with Crippen molar-refractivity contribution in [3.63, 3.8) is 0 Å². The first-order chi connectivity index (χ1) is 7.78. The van der Waals surface area contributed by atoms with E-state index < -0.39 is 0 Å². The van der Waals surface area contributed by atoms with Gasteiger partial charge < -0.3 is 10.5 Å². The third-order valence-corrected chi connectivity index (χ3v) is 3.21. The van der Waals surface area contributed by atoms with Gasteiger partial charge in [0.2, 0.25) is 0 Å². The summed E-state index contributed by atoms with van der Waals surface area (Å²) in [5.74, 6) is 0.280. The number of hydrogen-bond donors (Lipinski definition) is 1. The van der Waals surface area contributed by atoms with Gasteiger partial charge in [0.1, 0.15) is 6.29 Å². The molecule has 3 nitrogen and oxygen atoms in total. The van der Waals surface area contributed by atoms with Gasteiger partial charge in [-0.1, -0.05) is 12.1 Å². The van der Waals surface area contributed by atoms with Crippen molar-refractivity contribution in [1.82, 2.24) is 4.90 Å². The summed E-state index contributed by atoms with van der Waals surface area (Å²) < 4.78 is 0. The highest BCUT2D eigenvalue weighted by molar-refractivity contribution is 5.53. The van der Waals surface area contributed by atoms with E-state index in [0.29, 0.717) is 0 Å². The van der Waals surface area contributed by atoms with E-state index in [1.54, 1.807) is 0 Å². The average Bonchev–Trinajstić information content (AvgIpc) is 2.33. The minimum Gasteiger partial charge on any atom is -0.399 e. The van der Waals surface area contributed by atoms with Crippen LogP contribution in [0.2, 0.25) is 0 Å². The largest absolute Gasteiger partial charge is 0.399 e. The number of nitrogens with zero attached hydrogens (tertiary/aromatic N) is 1. The van der Waals surface area contributed by atoms with Crippen LogP contribution >= 0.6 is 0 Å². The molecule has 0 spiro atoms. The quantitative estimate of drug-likeness (QED) is 0.620. The van der Waals surface area contributed by atoms with Crippen molar-refractivity contribution in [3.8, 4) is 0 Å². The van der Waals surface area contributed by atoms with E-state index in [-0.39, 0.29) is 5.92 Å². The number of hydrogen-bond acceptors (Lipinski definition) is 3. The molecular formula is C13H18N2O. The Bertz CT molecular complexity index is 339. The Morgan fingerprint density at radius 1 is 1.25 bits per heavy atom. The summed E-state index contributed by atoms with van der Waals surface area (Å²) >= 11 is 0. The molecule has 2 N–H and O–H groups in total. The summed E-state index contributed by atoms with van der Waals surface area (Å²) in [4.78, 5) is 13.0. The highest BCUT2D eigenvalue weighted by Crippen LogP contribution is 2.17. The monoisotopic (exact) mass is 218 g/mol. The number of benzene rings is 1. The number of anilines is 1. The van der Waals surface area contributed by atoms with Crippen molar-refractivity contribution in [2.45, 2.75) is 19.4 Å². The van der Waals surface area contributed by atoms with Crippen molar-refractivity contribution < 1.29 is 4.79 Å². The van der Waals surface area contributed by atoms with E-state index in [9.17, 15) is 4.79 Å². The lowest BCUT2D eigenvalue weighted by atomic mass is 9.98. The first kappa shape index (κ1) is 11.1. The van der Waals surface area contributed by atoms with Gasteiger partial charge in [-0.05, 0) is 43.6 Å². The topological polar surface area (TPSA) is 46.3 Å². The molecule has 0 unspecified atom stereocenters. The van der Waals surface area contributed by atoms with Crippen molar-refractivity contribution >= 4 is 12.0 Å². The van der Waals surface area contributed by atoms with Crippen LogP contribution in [-0.4, -0.2) is 24.3 Å². The summed E-state index contributed by atoms with van der Waals surface area (Å²) in [6.07, 6.45) is 3.09. The molecule has 1 aliphatic rings. The maximum absolute atomic E-state index is 10.6. The normalized spacial score (nSPS) is 18.5. The predicted octanol–water partition coefficient (Wildman–Crippen LogP) is 1.68. The number of rotatable bonds is 3. The molecular weight excluding hydrogens is 200 g/mol. The molecule has 1 aliphatic heterocycles. The SMILES string of the molecule is Nc1ccc(CN2CCC(C=O)CC2)cc1. The van der Waals surface area contributed by atoms with Gasteiger partial charge >= 0.3 is 0 Å². The number of nitrogens with two attached hydrogens (primary N) is 1. The second-order valence-corrected chi connectivity index (χ2v) is 4.49. The van der Waals surface area contributed by atoms with Crippen LogP contribution < -0.4 is 5.73 Å². The Balaban J connectivity index is 1.86. The molecule has 1 aromatic carbocycles. The molecule has 0 bridgehead atoms. The maximum atomic E-state index is 10.6. The Kier molecular flexibility index (Phi) is 3.57. The van der Waals surface area contributed by atoms with Crippen molar-refractivity contribution in [3.05, 3.63) is 29.8 Å². The van der Waals surface area contributed by atoms with Gasteiger partial charge in [0.15, 0.2) is 0 Å². The van der Waals surface area contributed by atoms with Gasteiger partial charge in [0.25, 0.3) is 0 Å². The van der Waals surface area contributed by atoms with Gasteiger partial charge in [-0.25, -0.2) is 0 Å². The smallest absolute Gasteiger partial charge is 0.123 e. The highest BCUT2D eigenvalue weighted by atomic mass is 16.1.